The zero-order valence-corrected chi connectivity index (χ0v) is 9.69. The predicted molar refractivity (Wildman–Crippen MR) is 64.5 cm³/mol. The molecule has 0 radical (unpaired) electrons. The van der Waals surface area contributed by atoms with Gasteiger partial charge in [0.2, 0.25) is 0 Å². The van der Waals surface area contributed by atoms with E-state index in [0.29, 0.717) is 24.1 Å². The van der Waals surface area contributed by atoms with Crippen LogP contribution in [0.1, 0.15) is 40.5 Å². The molecule has 0 atom stereocenters. The third-order valence-electron chi connectivity index (χ3n) is 2.64. The Bertz CT molecular complexity index is 488. The molecule has 3 nitrogen and oxygen atoms in total. The van der Waals surface area contributed by atoms with Gasteiger partial charge in [-0.25, -0.2) is 0 Å². The average molecular weight is 227 g/mol. The first-order valence-corrected chi connectivity index (χ1v) is 5.66. The Kier molecular flexibility index (Phi) is 3.24. The van der Waals surface area contributed by atoms with Gasteiger partial charge in [0.25, 0.3) is 11.8 Å². The van der Waals surface area contributed by atoms with Crippen molar-refractivity contribution in [2.24, 2.45) is 0 Å². The van der Waals surface area contributed by atoms with Crippen LogP contribution in [0.5, 0.6) is 0 Å². The maximum Gasteiger partial charge on any atom is 0.261 e. The van der Waals surface area contributed by atoms with Gasteiger partial charge in [0.05, 0.1) is 11.1 Å². The maximum atomic E-state index is 11.9. The summed E-state index contributed by atoms with van der Waals surface area (Å²) in [7, 11) is 0. The number of amides is 2. The van der Waals surface area contributed by atoms with Gasteiger partial charge in [0.1, 0.15) is 0 Å². The summed E-state index contributed by atoms with van der Waals surface area (Å²) in [5.41, 5.74) is 1.00. The van der Waals surface area contributed by atoms with Gasteiger partial charge in [-0.2, -0.15) is 0 Å². The van der Waals surface area contributed by atoms with Crippen LogP contribution in [0.15, 0.2) is 24.3 Å². The van der Waals surface area contributed by atoms with E-state index >= 15 is 0 Å². The Morgan fingerprint density at radius 2 is 1.65 bits per heavy atom. The molecule has 0 saturated heterocycles. The minimum atomic E-state index is -0.205. The Balaban J connectivity index is 2.13. The van der Waals surface area contributed by atoms with Crippen molar-refractivity contribution in [3.8, 4) is 11.8 Å². The monoisotopic (exact) mass is 227 g/mol. The maximum absolute atomic E-state index is 11.9. The third-order valence-corrected chi connectivity index (χ3v) is 2.64. The predicted octanol–water partition coefficient (Wildman–Crippen LogP) is 2.09. The van der Waals surface area contributed by atoms with Gasteiger partial charge in [-0.1, -0.05) is 19.1 Å². The minimum Gasteiger partial charge on any atom is -0.273 e. The van der Waals surface area contributed by atoms with Crippen molar-refractivity contribution in [2.45, 2.75) is 19.8 Å². The number of fused-ring (bicyclic) bond motifs is 1. The van der Waals surface area contributed by atoms with Crippen LogP contribution in [0.3, 0.4) is 0 Å². The molecule has 1 heterocycles. The van der Waals surface area contributed by atoms with Crippen molar-refractivity contribution in [2.75, 3.05) is 6.54 Å². The highest BCUT2D eigenvalue weighted by molar-refractivity contribution is 6.21. The summed E-state index contributed by atoms with van der Waals surface area (Å²) in [6.07, 6.45) is 1.33. The first-order chi connectivity index (χ1) is 8.25. The molecule has 2 rings (SSSR count). The van der Waals surface area contributed by atoms with Crippen molar-refractivity contribution in [1.29, 1.82) is 0 Å². The van der Waals surface area contributed by atoms with Crippen LogP contribution in [-0.4, -0.2) is 23.3 Å². The highest BCUT2D eigenvalue weighted by Crippen LogP contribution is 2.22. The van der Waals surface area contributed by atoms with Gasteiger partial charge in [0.15, 0.2) is 0 Å². The molecule has 0 aromatic heterocycles. The van der Waals surface area contributed by atoms with Crippen LogP contribution in [0.4, 0.5) is 0 Å². The van der Waals surface area contributed by atoms with Gasteiger partial charge in [-0.15, -0.1) is 11.8 Å². The SMILES string of the molecule is CCC#CCCN1C(=O)c2ccccc2C1=O. The lowest BCUT2D eigenvalue weighted by molar-refractivity contribution is 0.0658. The third kappa shape index (κ3) is 2.07. The molecular formula is C14H13NO2. The fourth-order valence-electron chi connectivity index (χ4n) is 1.82. The highest BCUT2D eigenvalue weighted by Gasteiger charge is 2.34. The normalized spacial score (nSPS) is 13.4. The smallest absolute Gasteiger partial charge is 0.261 e. The zero-order chi connectivity index (χ0) is 12.3. The summed E-state index contributed by atoms with van der Waals surface area (Å²) in [5.74, 6) is 5.45. The van der Waals surface area contributed by atoms with E-state index in [0.717, 1.165) is 6.42 Å². The lowest BCUT2D eigenvalue weighted by atomic mass is 10.1. The van der Waals surface area contributed by atoms with E-state index in [1.165, 1.54) is 4.90 Å². The van der Waals surface area contributed by atoms with Gasteiger partial charge in [-0.05, 0) is 12.1 Å². The van der Waals surface area contributed by atoms with Gasteiger partial charge in [0, 0.05) is 19.4 Å². The van der Waals surface area contributed by atoms with Crippen LogP contribution in [0.25, 0.3) is 0 Å². The van der Waals surface area contributed by atoms with Crippen LogP contribution in [-0.2, 0) is 0 Å². The van der Waals surface area contributed by atoms with Crippen LogP contribution < -0.4 is 0 Å². The summed E-state index contributed by atoms with van der Waals surface area (Å²) >= 11 is 0. The minimum absolute atomic E-state index is 0.205. The molecule has 3 heteroatoms. The number of imide groups is 1. The molecule has 1 aromatic carbocycles. The second-order valence-corrected chi connectivity index (χ2v) is 3.76. The second-order valence-electron chi connectivity index (χ2n) is 3.76. The van der Waals surface area contributed by atoms with E-state index in [9.17, 15) is 9.59 Å². The highest BCUT2D eigenvalue weighted by atomic mass is 16.2. The standard InChI is InChI=1S/C14H13NO2/c1-2-3-4-7-10-15-13(16)11-8-5-6-9-12(11)14(15)17/h5-6,8-9H,2,7,10H2,1H3. The number of carbonyl (C=O) groups excluding carboxylic acids is 2. The van der Waals surface area contributed by atoms with Gasteiger partial charge >= 0.3 is 0 Å². The lowest BCUT2D eigenvalue weighted by Gasteiger charge is -2.10. The first-order valence-electron chi connectivity index (χ1n) is 5.66. The molecule has 0 fully saturated rings. The Morgan fingerprint density at radius 1 is 1.06 bits per heavy atom. The second kappa shape index (κ2) is 4.84. The lowest BCUT2D eigenvalue weighted by Crippen LogP contribution is -2.30. The van der Waals surface area contributed by atoms with E-state index in [1.807, 2.05) is 6.92 Å². The molecule has 0 aliphatic carbocycles. The molecule has 0 unspecified atom stereocenters. The summed E-state index contributed by atoms with van der Waals surface area (Å²) in [6.45, 7) is 2.34. The van der Waals surface area contributed by atoms with Gasteiger partial charge < -0.3 is 0 Å². The molecule has 0 spiro atoms. The van der Waals surface area contributed by atoms with Crippen molar-refractivity contribution < 1.29 is 9.59 Å². The summed E-state index contributed by atoms with van der Waals surface area (Å²) in [6, 6.07) is 6.91. The molecule has 0 N–H and O–H groups in total. The molecule has 86 valence electrons. The molecule has 1 aliphatic heterocycles. The number of carbonyl (C=O) groups is 2. The Morgan fingerprint density at radius 3 is 2.18 bits per heavy atom. The quantitative estimate of drug-likeness (QED) is 0.573. The van der Waals surface area contributed by atoms with Crippen molar-refractivity contribution >= 4 is 11.8 Å². The van der Waals surface area contributed by atoms with Crippen LogP contribution >= 0.6 is 0 Å². The van der Waals surface area contributed by atoms with E-state index < -0.39 is 0 Å². The number of rotatable bonds is 2. The van der Waals surface area contributed by atoms with Crippen molar-refractivity contribution in [3.63, 3.8) is 0 Å². The molecular weight excluding hydrogens is 214 g/mol. The molecule has 1 aromatic rings. The molecule has 2 amide bonds. The zero-order valence-electron chi connectivity index (χ0n) is 9.69. The Labute approximate surface area is 100 Å². The van der Waals surface area contributed by atoms with E-state index in [-0.39, 0.29) is 11.8 Å². The van der Waals surface area contributed by atoms with Crippen molar-refractivity contribution in [3.05, 3.63) is 35.4 Å². The Hall–Kier alpha value is -2.08. The number of benzene rings is 1. The van der Waals surface area contributed by atoms with E-state index in [1.54, 1.807) is 24.3 Å². The van der Waals surface area contributed by atoms with E-state index in [4.69, 9.17) is 0 Å². The number of hydrogen-bond donors (Lipinski definition) is 0. The topological polar surface area (TPSA) is 37.4 Å². The molecule has 1 aliphatic rings. The summed E-state index contributed by atoms with van der Waals surface area (Å²) in [5, 5.41) is 0. The fraction of sp³-hybridized carbons (Fsp3) is 0.286. The number of nitrogens with zero attached hydrogens (tertiary/aromatic N) is 1. The summed E-state index contributed by atoms with van der Waals surface area (Å²) in [4.78, 5) is 25.1. The first kappa shape index (κ1) is 11.4. The number of hydrogen-bond acceptors (Lipinski definition) is 2. The fourth-order valence-corrected chi connectivity index (χ4v) is 1.82. The average Bonchev–Trinajstić information content (AvgIpc) is 2.60. The van der Waals surface area contributed by atoms with Crippen molar-refractivity contribution in [1.82, 2.24) is 4.90 Å². The van der Waals surface area contributed by atoms with E-state index in [2.05, 4.69) is 11.8 Å². The van der Waals surface area contributed by atoms with Crippen LogP contribution in [0, 0.1) is 11.8 Å². The molecule has 0 bridgehead atoms. The summed E-state index contributed by atoms with van der Waals surface area (Å²) < 4.78 is 0. The largest absolute Gasteiger partial charge is 0.273 e. The molecule has 0 saturated carbocycles. The van der Waals surface area contributed by atoms with Crippen LogP contribution in [0.2, 0.25) is 0 Å². The molecule has 17 heavy (non-hydrogen) atoms. The van der Waals surface area contributed by atoms with Gasteiger partial charge in [-0.3, -0.25) is 14.5 Å².